The monoisotopic (exact) mass is 423 g/mol. The third kappa shape index (κ3) is 7.10. The molecule has 2 atom stereocenters. The summed E-state index contributed by atoms with van der Waals surface area (Å²) in [5, 5.41) is 2.93. The molecule has 0 bridgehead atoms. The van der Waals surface area contributed by atoms with E-state index in [4.69, 9.17) is 5.73 Å². The quantitative estimate of drug-likeness (QED) is 0.735. The second-order valence-corrected chi connectivity index (χ2v) is 7.41. The van der Waals surface area contributed by atoms with E-state index in [1.165, 1.54) is 31.5 Å². The Hall–Kier alpha value is -1.59. The van der Waals surface area contributed by atoms with Crippen LogP contribution in [0.3, 0.4) is 0 Å². The summed E-state index contributed by atoms with van der Waals surface area (Å²) in [5.41, 5.74) is 9.28. The van der Waals surface area contributed by atoms with Gasteiger partial charge in [0.1, 0.15) is 6.04 Å². The van der Waals surface area contributed by atoms with E-state index in [-0.39, 0.29) is 30.7 Å². The Balaban J connectivity index is 0.00000196. The fourth-order valence-corrected chi connectivity index (χ4v) is 3.56. The van der Waals surface area contributed by atoms with Crippen LogP contribution in [0, 0.1) is 5.92 Å². The van der Waals surface area contributed by atoms with Crippen LogP contribution in [-0.4, -0.2) is 23.9 Å². The first-order valence-corrected chi connectivity index (χ1v) is 9.50. The molecule has 3 rings (SSSR count). The van der Waals surface area contributed by atoms with E-state index in [1.54, 1.807) is 0 Å². The topological polar surface area (TPSA) is 58.4 Å². The van der Waals surface area contributed by atoms with E-state index in [0.717, 1.165) is 23.6 Å². The van der Waals surface area contributed by atoms with Gasteiger partial charge in [-0.25, -0.2) is 0 Å². The van der Waals surface area contributed by atoms with Crippen LogP contribution in [-0.2, 0) is 17.9 Å². The summed E-state index contributed by atoms with van der Waals surface area (Å²) in [6.07, 6.45) is 2.65. The summed E-state index contributed by atoms with van der Waals surface area (Å²) in [4.78, 5) is 14.8. The number of halogens is 2. The van der Waals surface area contributed by atoms with Crippen molar-refractivity contribution in [2.45, 2.75) is 38.9 Å². The molecule has 3 N–H and O–H groups in total. The number of nitrogens with one attached hydrogen (secondary N) is 1. The predicted molar refractivity (Wildman–Crippen MR) is 120 cm³/mol. The molecule has 2 aromatic rings. The molecular weight excluding hydrogens is 393 g/mol. The number of rotatable bonds is 6. The first-order chi connectivity index (χ1) is 12.6. The van der Waals surface area contributed by atoms with E-state index < -0.39 is 6.04 Å². The van der Waals surface area contributed by atoms with Crippen molar-refractivity contribution in [1.82, 2.24) is 10.2 Å². The lowest BCUT2D eigenvalue weighted by molar-refractivity contribution is -0.122. The van der Waals surface area contributed by atoms with E-state index in [9.17, 15) is 4.79 Å². The highest BCUT2D eigenvalue weighted by Crippen LogP contribution is 2.18. The average molecular weight is 424 g/mol. The van der Waals surface area contributed by atoms with Gasteiger partial charge in [-0.15, -0.1) is 24.8 Å². The van der Waals surface area contributed by atoms with Crippen molar-refractivity contribution in [2.24, 2.45) is 11.7 Å². The second kappa shape index (κ2) is 12.1. The van der Waals surface area contributed by atoms with Gasteiger partial charge in [-0.1, -0.05) is 61.5 Å². The van der Waals surface area contributed by atoms with Crippen molar-refractivity contribution >= 4 is 30.7 Å². The summed E-state index contributed by atoms with van der Waals surface area (Å²) in [6.45, 7) is 6.23. The predicted octanol–water partition coefficient (Wildman–Crippen LogP) is 4.08. The average Bonchev–Trinajstić information content (AvgIpc) is 2.67. The van der Waals surface area contributed by atoms with Crippen LogP contribution in [0.1, 0.15) is 42.5 Å². The Morgan fingerprint density at radius 2 is 1.75 bits per heavy atom. The number of benzene rings is 2. The summed E-state index contributed by atoms with van der Waals surface area (Å²) < 4.78 is 0. The smallest absolute Gasteiger partial charge is 0.241 e. The van der Waals surface area contributed by atoms with Crippen molar-refractivity contribution < 1.29 is 4.79 Å². The number of hydrogen-bond donors (Lipinski definition) is 2. The number of hydrogen-bond acceptors (Lipinski definition) is 3. The maximum Gasteiger partial charge on any atom is 0.241 e. The molecule has 0 saturated carbocycles. The van der Waals surface area contributed by atoms with Crippen LogP contribution in [0.15, 0.2) is 54.6 Å². The van der Waals surface area contributed by atoms with E-state index in [0.29, 0.717) is 6.54 Å². The van der Waals surface area contributed by atoms with Crippen molar-refractivity contribution in [2.75, 3.05) is 13.1 Å². The molecule has 2 aromatic carbocycles. The third-order valence-corrected chi connectivity index (χ3v) is 5.08. The van der Waals surface area contributed by atoms with Crippen molar-refractivity contribution in [3.8, 4) is 0 Å². The molecule has 1 aliphatic rings. The van der Waals surface area contributed by atoms with Gasteiger partial charge in [0.25, 0.3) is 0 Å². The van der Waals surface area contributed by atoms with Gasteiger partial charge in [0.2, 0.25) is 5.91 Å². The SMILES string of the molecule is CC1CCCN(Cc2ccc(CNC(=O)C(N)c3ccccc3)cc2)C1.Cl.Cl. The van der Waals surface area contributed by atoms with Gasteiger partial charge < -0.3 is 11.1 Å². The molecular formula is C22H31Cl2N3O. The number of carbonyl (C=O) groups excluding carboxylic acids is 1. The van der Waals surface area contributed by atoms with Crippen LogP contribution >= 0.6 is 24.8 Å². The molecule has 4 nitrogen and oxygen atoms in total. The van der Waals surface area contributed by atoms with E-state index >= 15 is 0 Å². The number of carbonyl (C=O) groups is 1. The zero-order chi connectivity index (χ0) is 18.4. The molecule has 0 spiro atoms. The molecule has 0 radical (unpaired) electrons. The fraction of sp³-hybridized carbons (Fsp3) is 0.409. The summed E-state index contributed by atoms with van der Waals surface area (Å²) >= 11 is 0. The molecule has 1 fully saturated rings. The van der Waals surface area contributed by atoms with E-state index in [2.05, 4.69) is 41.4 Å². The zero-order valence-electron chi connectivity index (χ0n) is 16.3. The molecule has 1 saturated heterocycles. The van der Waals surface area contributed by atoms with Crippen molar-refractivity contribution in [1.29, 1.82) is 0 Å². The first kappa shape index (κ1) is 24.4. The van der Waals surface area contributed by atoms with Gasteiger partial charge in [-0.3, -0.25) is 9.69 Å². The van der Waals surface area contributed by atoms with Gasteiger partial charge in [-0.05, 0) is 42.0 Å². The lowest BCUT2D eigenvalue weighted by Gasteiger charge is -2.30. The second-order valence-electron chi connectivity index (χ2n) is 7.41. The van der Waals surface area contributed by atoms with Gasteiger partial charge in [0.05, 0.1) is 0 Å². The van der Waals surface area contributed by atoms with Crippen LogP contribution < -0.4 is 11.1 Å². The Bertz CT molecular complexity index is 709. The van der Waals surface area contributed by atoms with Crippen LogP contribution in [0.25, 0.3) is 0 Å². The Kier molecular flexibility index (Phi) is 10.5. The minimum absolute atomic E-state index is 0. The van der Waals surface area contributed by atoms with Gasteiger partial charge >= 0.3 is 0 Å². The molecule has 28 heavy (non-hydrogen) atoms. The van der Waals surface area contributed by atoms with E-state index in [1.807, 2.05) is 30.3 Å². The highest BCUT2D eigenvalue weighted by atomic mass is 35.5. The molecule has 6 heteroatoms. The fourth-order valence-electron chi connectivity index (χ4n) is 3.56. The number of nitrogens with zero attached hydrogens (tertiary/aromatic N) is 1. The highest BCUT2D eigenvalue weighted by molar-refractivity contribution is 5.85. The standard InChI is InChI=1S/C22H29N3O.2ClH/c1-17-6-5-13-25(15-17)16-19-11-9-18(10-12-19)14-24-22(26)21(23)20-7-3-2-4-8-20;;/h2-4,7-12,17,21H,5-6,13-16,23H2,1H3,(H,24,26);2*1H. The minimum atomic E-state index is -0.628. The zero-order valence-corrected chi connectivity index (χ0v) is 18.0. The molecule has 0 aromatic heterocycles. The number of nitrogens with two attached hydrogens (primary N) is 1. The molecule has 154 valence electrons. The minimum Gasteiger partial charge on any atom is -0.350 e. The first-order valence-electron chi connectivity index (χ1n) is 9.50. The summed E-state index contributed by atoms with van der Waals surface area (Å²) in [7, 11) is 0. The number of amides is 1. The van der Waals surface area contributed by atoms with Crippen LogP contribution in [0.5, 0.6) is 0 Å². The van der Waals surface area contributed by atoms with Gasteiger partial charge in [0, 0.05) is 19.6 Å². The molecule has 1 aliphatic heterocycles. The molecule has 0 aliphatic carbocycles. The van der Waals surface area contributed by atoms with Gasteiger partial charge in [-0.2, -0.15) is 0 Å². The Morgan fingerprint density at radius 1 is 1.11 bits per heavy atom. The van der Waals surface area contributed by atoms with Crippen molar-refractivity contribution in [3.63, 3.8) is 0 Å². The molecule has 1 amide bonds. The lowest BCUT2D eigenvalue weighted by Crippen LogP contribution is -2.34. The third-order valence-electron chi connectivity index (χ3n) is 5.08. The van der Waals surface area contributed by atoms with Crippen molar-refractivity contribution in [3.05, 3.63) is 71.3 Å². The van der Waals surface area contributed by atoms with Crippen LogP contribution in [0.4, 0.5) is 0 Å². The van der Waals surface area contributed by atoms with Crippen LogP contribution in [0.2, 0.25) is 0 Å². The normalized spacial score (nSPS) is 17.7. The largest absolute Gasteiger partial charge is 0.350 e. The number of likely N-dealkylation sites (tertiary alicyclic amines) is 1. The highest BCUT2D eigenvalue weighted by Gasteiger charge is 2.16. The lowest BCUT2D eigenvalue weighted by atomic mass is 9.99. The number of piperidine rings is 1. The summed E-state index contributed by atoms with van der Waals surface area (Å²) in [5.74, 6) is 0.648. The Morgan fingerprint density at radius 3 is 2.39 bits per heavy atom. The molecule has 2 unspecified atom stereocenters. The summed E-state index contributed by atoms with van der Waals surface area (Å²) in [6, 6.07) is 17.3. The van der Waals surface area contributed by atoms with Gasteiger partial charge in [0.15, 0.2) is 0 Å². The molecule has 1 heterocycles. The maximum atomic E-state index is 12.2. The maximum absolute atomic E-state index is 12.2. The Labute approximate surface area is 180 Å².